The van der Waals surface area contributed by atoms with Gasteiger partial charge in [-0.05, 0) is 12.8 Å². The van der Waals surface area contributed by atoms with Crippen molar-refractivity contribution < 1.29 is 0 Å². The Balaban J connectivity index is 3.69. The molecule has 0 aliphatic heterocycles. The van der Waals surface area contributed by atoms with Crippen LogP contribution in [0.15, 0.2) is 42.1 Å². The van der Waals surface area contributed by atoms with Crippen LogP contribution in [-0.2, 0) is 0 Å². The lowest BCUT2D eigenvalue weighted by molar-refractivity contribution is 1.47. The highest BCUT2D eigenvalue weighted by molar-refractivity contribution is 5.32. The summed E-state index contributed by atoms with van der Waals surface area (Å²) < 4.78 is 0. The van der Waals surface area contributed by atoms with Crippen LogP contribution in [0.3, 0.4) is 0 Å². The third-order valence-electron chi connectivity index (χ3n) is 0.628. The zero-order valence-corrected chi connectivity index (χ0v) is 4.80. The molecule has 0 spiro atoms. The van der Waals surface area contributed by atoms with Crippen molar-refractivity contribution in [2.45, 2.75) is 0 Å². The fourth-order valence-electron chi connectivity index (χ4n) is 0.232. The molecule has 0 bridgehead atoms. The number of nitrogens with zero attached hydrogens (tertiary/aromatic N) is 1. The van der Waals surface area contributed by atoms with Gasteiger partial charge in [0.2, 0.25) is 0 Å². The Hall–Kier alpha value is -1.11. The number of aliphatic imine (C=N–C) groups is 1. The Morgan fingerprint density at radius 2 is 2.12 bits per heavy atom. The van der Waals surface area contributed by atoms with E-state index in [0.717, 1.165) is 0 Å². The van der Waals surface area contributed by atoms with Gasteiger partial charge in [0.25, 0.3) is 0 Å². The lowest BCUT2D eigenvalue weighted by Gasteiger charge is -1.80. The molecule has 0 aliphatic rings. The fraction of sp³-hybridized carbons (Fsp3) is 0. The molecule has 0 aromatic carbocycles. The van der Waals surface area contributed by atoms with Crippen molar-refractivity contribution in [3.63, 3.8) is 0 Å². The lowest BCUT2D eigenvalue weighted by Crippen LogP contribution is -1.60. The Morgan fingerprint density at radius 3 is 2.50 bits per heavy atom. The molecule has 0 rings (SSSR count). The summed E-state index contributed by atoms with van der Waals surface area (Å²) in [4.78, 5) is 3.55. The van der Waals surface area contributed by atoms with Crippen molar-refractivity contribution in [1.29, 1.82) is 0 Å². The molecule has 0 radical (unpaired) electrons. The Labute approximate surface area is 49.8 Å². The highest BCUT2D eigenvalue weighted by atomic mass is 14.7. The molecule has 1 nitrogen and oxygen atoms in total. The molecule has 0 fully saturated rings. The van der Waals surface area contributed by atoms with Crippen LogP contribution in [0.1, 0.15) is 0 Å². The van der Waals surface area contributed by atoms with Gasteiger partial charge in [-0.25, -0.2) is 0 Å². The number of hydrogen-bond donors (Lipinski definition) is 0. The van der Waals surface area contributed by atoms with E-state index < -0.39 is 0 Å². The molecule has 0 aromatic heterocycles. The van der Waals surface area contributed by atoms with Crippen LogP contribution >= 0.6 is 0 Å². The Kier molecular flexibility index (Phi) is 3.50. The SMILES string of the molecule is C=C/C=C\C(=C)N=C. The molecule has 8 heavy (non-hydrogen) atoms. The summed E-state index contributed by atoms with van der Waals surface area (Å²) in [6.07, 6.45) is 5.16. The van der Waals surface area contributed by atoms with Crippen LogP contribution in [0.2, 0.25) is 0 Å². The van der Waals surface area contributed by atoms with Crippen molar-refractivity contribution in [1.82, 2.24) is 0 Å². The summed E-state index contributed by atoms with van der Waals surface area (Å²) in [7, 11) is 0. The smallest absolute Gasteiger partial charge is 0.0550 e. The second-order valence-corrected chi connectivity index (χ2v) is 1.24. The molecule has 0 aromatic rings. The minimum atomic E-state index is 0.657. The van der Waals surface area contributed by atoms with Crippen LogP contribution in [0, 0.1) is 0 Å². The molecule has 0 atom stereocenters. The van der Waals surface area contributed by atoms with E-state index in [9.17, 15) is 0 Å². The zero-order chi connectivity index (χ0) is 6.41. The topological polar surface area (TPSA) is 12.4 Å². The number of rotatable bonds is 3. The van der Waals surface area contributed by atoms with Gasteiger partial charge in [0.15, 0.2) is 0 Å². The maximum Gasteiger partial charge on any atom is 0.0550 e. The number of allylic oxidation sites excluding steroid dienone is 3. The molecule has 0 N–H and O–H groups in total. The first-order valence-corrected chi connectivity index (χ1v) is 2.26. The van der Waals surface area contributed by atoms with Gasteiger partial charge in [-0.3, -0.25) is 4.99 Å². The van der Waals surface area contributed by atoms with E-state index in [1.165, 1.54) is 0 Å². The molecule has 0 saturated heterocycles. The maximum atomic E-state index is 3.55. The van der Waals surface area contributed by atoms with Crippen LogP contribution in [0.4, 0.5) is 0 Å². The van der Waals surface area contributed by atoms with E-state index in [-0.39, 0.29) is 0 Å². The predicted octanol–water partition coefficient (Wildman–Crippen LogP) is 1.94. The van der Waals surface area contributed by atoms with Crippen LogP contribution in [0.5, 0.6) is 0 Å². The van der Waals surface area contributed by atoms with Crippen molar-refractivity contribution >= 4 is 6.72 Å². The van der Waals surface area contributed by atoms with Gasteiger partial charge in [-0.1, -0.05) is 25.3 Å². The monoisotopic (exact) mass is 107 g/mol. The first-order chi connectivity index (χ1) is 3.81. The van der Waals surface area contributed by atoms with E-state index in [4.69, 9.17) is 0 Å². The minimum Gasteiger partial charge on any atom is -0.265 e. The Bertz CT molecular complexity index is 131. The van der Waals surface area contributed by atoms with Crippen molar-refractivity contribution in [3.05, 3.63) is 37.1 Å². The molecule has 42 valence electrons. The van der Waals surface area contributed by atoms with E-state index in [1.54, 1.807) is 18.2 Å². The Morgan fingerprint density at radius 1 is 1.50 bits per heavy atom. The van der Waals surface area contributed by atoms with E-state index in [1.807, 2.05) is 0 Å². The second kappa shape index (κ2) is 4.06. The summed E-state index contributed by atoms with van der Waals surface area (Å²) in [6, 6.07) is 0. The molecule has 0 heterocycles. The fourth-order valence-corrected chi connectivity index (χ4v) is 0.232. The van der Waals surface area contributed by atoms with Crippen LogP contribution in [-0.4, -0.2) is 6.72 Å². The van der Waals surface area contributed by atoms with Crippen molar-refractivity contribution in [3.8, 4) is 0 Å². The van der Waals surface area contributed by atoms with Crippen LogP contribution in [0.25, 0.3) is 0 Å². The lowest BCUT2D eigenvalue weighted by atomic mass is 10.4. The van der Waals surface area contributed by atoms with Crippen molar-refractivity contribution in [2.24, 2.45) is 4.99 Å². The average molecular weight is 107 g/mol. The molecule has 1 heteroatoms. The van der Waals surface area contributed by atoms with E-state index >= 15 is 0 Å². The quantitative estimate of drug-likeness (QED) is 0.386. The third kappa shape index (κ3) is 3.09. The first-order valence-electron chi connectivity index (χ1n) is 2.26. The summed E-state index contributed by atoms with van der Waals surface area (Å²) in [5.41, 5.74) is 0.657. The van der Waals surface area contributed by atoms with Gasteiger partial charge >= 0.3 is 0 Å². The van der Waals surface area contributed by atoms with Crippen LogP contribution < -0.4 is 0 Å². The normalized spacial score (nSPS) is 9.00. The zero-order valence-electron chi connectivity index (χ0n) is 4.80. The maximum absolute atomic E-state index is 3.55. The summed E-state index contributed by atoms with van der Waals surface area (Å²) in [6.45, 7) is 10.3. The summed E-state index contributed by atoms with van der Waals surface area (Å²) in [5.74, 6) is 0. The third-order valence-corrected chi connectivity index (χ3v) is 0.628. The van der Waals surface area contributed by atoms with Gasteiger partial charge in [-0.15, -0.1) is 0 Å². The highest BCUT2D eigenvalue weighted by Crippen LogP contribution is 1.90. The predicted molar refractivity (Wildman–Crippen MR) is 38.0 cm³/mol. The second-order valence-electron chi connectivity index (χ2n) is 1.24. The summed E-state index contributed by atoms with van der Waals surface area (Å²) >= 11 is 0. The highest BCUT2D eigenvalue weighted by Gasteiger charge is 1.71. The molecule has 0 aliphatic carbocycles. The minimum absolute atomic E-state index is 0.657. The van der Waals surface area contributed by atoms with Gasteiger partial charge < -0.3 is 0 Å². The molecular formula is C7H9N. The van der Waals surface area contributed by atoms with Crippen molar-refractivity contribution in [2.75, 3.05) is 0 Å². The van der Waals surface area contributed by atoms with Gasteiger partial charge in [-0.2, -0.15) is 0 Å². The van der Waals surface area contributed by atoms with Gasteiger partial charge in [0.05, 0.1) is 5.70 Å². The van der Waals surface area contributed by atoms with E-state index in [0.29, 0.717) is 5.70 Å². The van der Waals surface area contributed by atoms with Gasteiger partial charge in [0.1, 0.15) is 0 Å². The average Bonchev–Trinajstić information content (AvgIpc) is 1.83. The first kappa shape index (κ1) is 6.89. The van der Waals surface area contributed by atoms with E-state index in [2.05, 4.69) is 24.9 Å². The molecule has 0 amide bonds. The molecular weight excluding hydrogens is 98.1 g/mol. The summed E-state index contributed by atoms with van der Waals surface area (Å²) in [5, 5.41) is 0. The molecule has 0 unspecified atom stereocenters. The number of hydrogen-bond acceptors (Lipinski definition) is 1. The van der Waals surface area contributed by atoms with Gasteiger partial charge in [0, 0.05) is 0 Å². The standard InChI is InChI=1S/C7H9N/c1-4-5-6-7(2)8-3/h4-6H,1-3H2/b6-5-. The molecule has 0 saturated carbocycles. The largest absolute Gasteiger partial charge is 0.265 e.